The lowest BCUT2D eigenvalue weighted by molar-refractivity contribution is 0.101. The maximum atomic E-state index is 12.4. The second-order valence-electron chi connectivity index (χ2n) is 5.05. The van der Waals surface area contributed by atoms with Gasteiger partial charge in [-0.3, -0.25) is 4.79 Å². The maximum absolute atomic E-state index is 12.4. The molecule has 2 rings (SSSR count). The fourth-order valence-corrected chi connectivity index (χ4v) is 2.56. The summed E-state index contributed by atoms with van der Waals surface area (Å²) in [6.45, 7) is 6.21. The number of hydrogen-bond acceptors (Lipinski definition) is 1. The van der Waals surface area contributed by atoms with Crippen molar-refractivity contribution in [2.24, 2.45) is 0 Å². The Labute approximate surface area is 128 Å². The van der Waals surface area contributed by atoms with Gasteiger partial charge in [0, 0.05) is 22.4 Å². The molecule has 0 spiro atoms. The van der Waals surface area contributed by atoms with Gasteiger partial charge < -0.3 is 9.88 Å². The standard InChI is InChI=1S/C16H19BrN2O/c1-4-12-6-5-7-14(8-12)18-16(20)15-9-13(17)10-19(15)11(2)3/h5-11H,4H2,1-3H3,(H,18,20). The van der Waals surface area contributed by atoms with Crippen LogP contribution >= 0.6 is 15.9 Å². The summed E-state index contributed by atoms with van der Waals surface area (Å²) in [5.41, 5.74) is 2.71. The van der Waals surface area contributed by atoms with E-state index in [1.165, 1.54) is 5.56 Å². The quantitative estimate of drug-likeness (QED) is 0.867. The first kappa shape index (κ1) is 14.9. The zero-order valence-electron chi connectivity index (χ0n) is 12.0. The fraction of sp³-hybridized carbons (Fsp3) is 0.312. The van der Waals surface area contributed by atoms with Crippen LogP contribution in [0.3, 0.4) is 0 Å². The van der Waals surface area contributed by atoms with E-state index < -0.39 is 0 Å². The van der Waals surface area contributed by atoms with Crippen LogP contribution in [0.5, 0.6) is 0 Å². The van der Waals surface area contributed by atoms with Gasteiger partial charge in [-0.25, -0.2) is 0 Å². The van der Waals surface area contributed by atoms with E-state index in [9.17, 15) is 4.79 Å². The van der Waals surface area contributed by atoms with Crippen molar-refractivity contribution in [3.8, 4) is 0 Å². The molecule has 1 N–H and O–H groups in total. The van der Waals surface area contributed by atoms with Gasteiger partial charge in [0.2, 0.25) is 0 Å². The molecule has 2 aromatic rings. The summed E-state index contributed by atoms with van der Waals surface area (Å²) in [7, 11) is 0. The van der Waals surface area contributed by atoms with E-state index >= 15 is 0 Å². The van der Waals surface area contributed by atoms with Crippen LogP contribution in [-0.4, -0.2) is 10.5 Å². The van der Waals surface area contributed by atoms with Gasteiger partial charge in [-0.15, -0.1) is 0 Å². The summed E-state index contributed by atoms with van der Waals surface area (Å²) in [6.07, 6.45) is 2.89. The van der Waals surface area contributed by atoms with Crippen LogP contribution < -0.4 is 5.32 Å². The molecule has 0 aliphatic carbocycles. The normalized spacial score (nSPS) is 10.8. The number of hydrogen-bond donors (Lipinski definition) is 1. The topological polar surface area (TPSA) is 34.0 Å². The molecular formula is C16H19BrN2O. The molecule has 4 heteroatoms. The molecule has 1 aromatic carbocycles. The lowest BCUT2D eigenvalue weighted by Crippen LogP contribution is -2.17. The molecule has 20 heavy (non-hydrogen) atoms. The van der Waals surface area contributed by atoms with Gasteiger partial charge in [0.05, 0.1) is 0 Å². The molecule has 0 radical (unpaired) electrons. The first-order chi connectivity index (χ1) is 9.51. The maximum Gasteiger partial charge on any atom is 0.272 e. The molecule has 1 heterocycles. The summed E-state index contributed by atoms with van der Waals surface area (Å²) < 4.78 is 2.88. The SMILES string of the molecule is CCc1cccc(NC(=O)c2cc(Br)cn2C(C)C)c1. The minimum Gasteiger partial charge on any atom is -0.340 e. The van der Waals surface area contributed by atoms with Crippen molar-refractivity contribution in [1.82, 2.24) is 4.57 Å². The molecule has 1 aromatic heterocycles. The number of anilines is 1. The molecule has 106 valence electrons. The Kier molecular flexibility index (Phi) is 4.65. The van der Waals surface area contributed by atoms with Gasteiger partial charge in [-0.1, -0.05) is 19.1 Å². The van der Waals surface area contributed by atoms with E-state index in [1.807, 2.05) is 35.0 Å². The number of rotatable bonds is 4. The Bertz CT molecular complexity index is 617. The predicted octanol–water partition coefficient (Wildman–Crippen LogP) is 4.65. The Balaban J connectivity index is 2.23. The van der Waals surface area contributed by atoms with Crippen molar-refractivity contribution >= 4 is 27.5 Å². The third-order valence-corrected chi connectivity index (χ3v) is 3.63. The Morgan fingerprint density at radius 1 is 1.35 bits per heavy atom. The third-order valence-electron chi connectivity index (χ3n) is 3.20. The Morgan fingerprint density at radius 3 is 2.75 bits per heavy atom. The van der Waals surface area contributed by atoms with Crippen LogP contribution in [0.1, 0.15) is 42.9 Å². The molecule has 0 aliphatic heterocycles. The molecule has 0 saturated carbocycles. The molecule has 0 aliphatic rings. The first-order valence-corrected chi connectivity index (χ1v) is 7.58. The van der Waals surface area contributed by atoms with Crippen molar-refractivity contribution < 1.29 is 4.79 Å². The molecule has 0 saturated heterocycles. The van der Waals surface area contributed by atoms with Crippen LogP contribution in [0.25, 0.3) is 0 Å². The number of nitrogens with zero attached hydrogens (tertiary/aromatic N) is 1. The number of benzene rings is 1. The molecule has 0 fully saturated rings. The molecule has 0 unspecified atom stereocenters. The fourth-order valence-electron chi connectivity index (χ4n) is 2.12. The number of aryl methyl sites for hydroxylation is 1. The van der Waals surface area contributed by atoms with Crippen molar-refractivity contribution in [3.63, 3.8) is 0 Å². The lowest BCUT2D eigenvalue weighted by atomic mass is 10.1. The smallest absolute Gasteiger partial charge is 0.272 e. The van der Waals surface area contributed by atoms with Gasteiger partial charge in [0.1, 0.15) is 5.69 Å². The number of aromatic nitrogens is 1. The number of nitrogens with one attached hydrogen (secondary N) is 1. The van der Waals surface area contributed by atoms with E-state index in [-0.39, 0.29) is 11.9 Å². The average molecular weight is 335 g/mol. The highest BCUT2D eigenvalue weighted by Gasteiger charge is 2.15. The zero-order valence-corrected chi connectivity index (χ0v) is 13.6. The molecule has 0 atom stereocenters. The van der Waals surface area contributed by atoms with Gasteiger partial charge in [-0.2, -0.15) is 0 Å². The molecule has 0 bridgehead atoms. The minimum atomic E-state index is -0.0855. The van der Waals surface area contributed by atoms with Gasteiger partial charge in [0.15, 0.2) is 0 Å². The third kappa shape index (κ3) is 3.31. The monoisotopic (exact) mass is 334 g/mol. The van der Waals surface area contributed by atoms with Crippen LogP contribution in [0, 0.1) is 0 Å². The van der Waals surface area contributed by atoms with Gasteiger partial charge in [-0.05, 0) is 60.0 Å². The molecular weight excluding hydrogens is 316 g/mol. The number of halogens is 1. The van der Waals surface area contributed by atoms with Crippen molar-refractivity contribution in [1.29, 1.82) is 0 Å². The highest BCUT2D eigenvalue weighted by Crippen LogP contribution is 2.21. The highest BCUT2D eigenvalue weighted by molar-refractivity contribution is 9.10. The van der Waals surface area contributed by atoms with Crippen LogP contribution in [0.15, 0.2) is 41.0 Å². The zero-order chi connectivity index (χ0) is 14.7. The Morgan fingerprint density at radius 2 is 2.10 bits per heavy atom. The van der Waals surface area contributed by atoms with Crippen LogP contribution in [-0.2, 0) is 6.42 Å². The van der Waals surface area contributed by atoms with E-state index in [2.05, 4.69) is 48.1 Å². The number of carbonyl (C=O) groups is 1. The van der Waals surface area contributed by atoms with Crippen LogP contribution in [0.2, 0.25) is 0 Å². The average Bonchev–Trinajstić information content (AvgIpc) is 2.81. The van der Waals surface area contributed by atoms with Crippen molar-refractivity contribution in [2.45, 2.75) is 33.2 Å². The summed E-state index contributed by atoms with van der Waals surface area (Å²) in [5, 5.41) is 2.96. The summed E-state index contributed by atoms with van der Waals surface area (Å²) in [6, 6.07) is 10.0. The Hall–Kier alpha value is -1.55. The second-order valence-corrected chi connectivity index (χ2v) is 5.97. The van der Waals surface area contributed by atoms with Crippen molar-refractivity contribution in [2.75, 3.05) is 5.32 Å². The van der Waals surface area contributed by atoms with E-state index in [0.717, 1.165) is 16.6 Å². The summed E-state index contributed by atoms with van der Waals surface area (Å²) in [5.74, 6) is -0.0855. The summed E-state index contributed by atoms with van der Waals surface area (Å²) in [4.78, 5) is 12.4. The number of amides is 1. The van der Waals surface area contributed by atoms with Gasteiger partial charge >= 0.3 is 0 Å². The molecule has 1 amide bonds. The minimum absolute atomic E-state index is 0.0855. The van der Waals surface area contributed by atoms with E-state index in [4.69, 9.17) is 0 Å². The highest BCUT2D eigenvalue weighted by atomic mass is 79.9. The number of carbonyl (C=O) groups excluding carboxylic acids is 1. The van der Waals surface area contributed by atoms with Crippen molar-refractivity contribution in [3.05, 3.63) is 52.3 Å². The largest absolute Gasteiger partial charge is 0.340 e. The molecule has 3 nitrogen and oxygen atoms in total. The lowest BCUT2D eigenvalue weighted by Gasteiger charge is -2.13. The predicted molar refractivity (Wildman–Crippen MR) is 86.3 cm³/mol. The van der Waals surface area contributed by atoms with Gasteiger partial charge in [0.25, 0.3) is 5.91 Å². The first-order valence-electron chi connectivity index (χ1n) is 6.79. The summed E-state index contributed by atoms with van der Waals surface area (Å²) >= 11 is 3.43. The van der Waals surface area contributed by atoms with E-state index in [1.54, 1.807) is 0 Å². The van der Waals surface area contributed by atoms with Crippen LogP contribution in [0.4, 0.5) is 5.69 Å². The van der Waals surface area contributed by atoms with E-state index in [0.29, 0.717) is 5.69 Å². The second kappa shape index (κ2) is 6.27.